The summed E-state index contributed by atoms with van der Waals surface area (Å²) in [4.78, 5) is 39.7. The number of aromatic nitrogens is 2. The zero-order valence-corrected chi connectivity index (χ0v) is 40.2. The number of allylic oxidation sites excluding steroid dienone is 1. The first kappa shape index (κ1) is 47.2. The number of anilines is 1. The van der Waals surface area contributed by atoms with Gasteiger partial charge in [0.15, 0.2) is 0 Å². The Morgan fingerprint density at radius 3 is 2.47 bits per heavy atom. The van der Waals surface area contributed by atoms with Crippen molar-refractivity contribution in [2.75, 3.05) is 75.8 Å². The van der Waals surface area contributed by atoms with Crippen molar-refractivity contribution >= 4 is 65.2 Å². The van der Waals surface area contributed by atoms with Crippen LogP contribution in [0.4, 0.5) is 11.4 Å². The number of hydrogen-bond donors (Lipinski definition) is 2. The molecule has 2 N–H and O–H groups in total. The molecule has 0 saturated carbocycles. The van der Waals surface area contributed by atoms with E-state index in [2.05, 4.69) is 59.7 Å². The first-order valence-corrected chi connectivity index (χ1v) is 26.0. The van der Waals surface area contributed by atoms with Gasteiger partial charge < -0.3 is 19.5 Å². The second kappa shape index (κ2) is 19.5. The van der Waals surface area contributed by atoms with Crippen molar-refractivity contribution in [3.63, 3.8) is 0 Å². The summed E-state index contributed by atoms with van der Waals surface area (Å²) in [7, 11) is -5.17. The Morgan fingerprint density at radius 1 is 1.02 bits per heavy atom. The van der Waals surface area contributed by atoms with Crippen molar-refractivity contribution in [1.82, 2.24) is 24.5 Å². The minimum Gasteiger partial charge on any atom is -0.455 e. The number of aromatic amines is 1. The Balaban J connectivity index is 0.985. The lowest BCUT2D eigenvalue weighted by atomic mass is 9.72. The lowest BCUT2D eigenvalue weighted by Gasteiger charge is -2.39. The number of nitrogens with zero attached hydrogens (tertiary/aromatic N) is 6. The van der Waals surface area contributed by atoms with E-state index < -0.39 is 35.5 Å². The number of halogens is 1. The number of pyridine rings is 1. The Morgan fingerprint density at radius 2 is 1.76 bits per heavy atom. The van der Waals surface area contributed by atoms with Crippen LogP contribution in [0.1, 0.15) is 61.5 Å². The molecule has 15 nitrogen and oxygen atoms in total. The van der Waals surface area contributed by atoms with Crippen molar-refractivity contribution < 1.29 is 27.1 Å². The number of benzene rings is 3. The monoisotopic (exact) mass is 956 g/mol. The van der Waals surface area contributed by atoms with E-state index in [4.69, 9.17) is 16.3 Å². The lowest BCUT2D eigenvalue weighted by Crippen LogP contribution is -2.47. The third kappa shape index (κ3) is 11.1. The average molecular weight is 958 g/mol. The molecule has 8 rings (SSSR count). The number of amides is 1. The van der Waals surface area contributed by atoms with Gasteiger partial charge >= 0.3 is 0 Å². The topological polar surface area (TPSA) is 183 Å². The number of piperazine rings is 1. The van der Waals surface area contributed by atoms with Gasteiger partial charge in [-0.3, -0.25) is 19.8 Å². The van der Waals surface area contributed by atoms with Crippen LogP contribution in [0.5, 0.6) is 11.5 Å². The molecule has 0 spiro atoms. The SMILES string of the molecule is CN=S1(=O)CCN(C[C@H](C)Cc2ccc(S(=O)(=O)NC(=O)c3ccc(N4CCN(CC5=C(c6ccc(Cl)cc6)CC(C)(C)CC5)CC4)cc3Oc3cnc4[nH]ccc4c3)cc2[N+](=O)[O-])CC1. The summed E-state index contributed by atoms with van der Waals surface area (Å²) in [5.74, 6) is 0.458. The Kier molecular flexibility index (Phi) is 13.9. The van der Waals surface area contributed by atoms with Crippen molar-refractivity contribution in [1.29, 1.82) is 0 Å². The van der Waals surface area contributed by atoms with Gasteiger partial charge in [0, 0.05) is 121 Å². The van der Waals surface area contributed by atoms with E-state index >= 15 is 0 Å². The van der Waals surface area contributed by atoms with Crippen molar-refractivity contribution in [3.8, 4) is 11.5 Å². The smallest absolute Gasteiger partial charge is 0.273 e. The highest BCUT2D eigenvalue weighted by Gasteiger charge is 2.31. The lowest BCUT2D eigenvalue weighted by molar-refractivity contribution is -0.385. The summed E-state index contributed by atoms with van der Waals surface area (Å²) in [5.41, 5.74) is 5.75. The highest BCUT2D eigenvalue weighted by molar-refractivity contribution is 7.93. The van der Waals surface area contributed by atoms with Crippen LogP contribution in [0.2, 0.25) is 5.02 Å². The number of fused-ring (bicyclic) bond motifs is 1. The van der Waals surface area contributed by atoms with Crippen LogP contribution in [0.25, 0.3) is 16.6 Å². The molecule has 4 heterocycles. The Labute approximate surface area is 391 Å². The summed E-state index contributed by atoms with van der Waals surface area (Å²) >= 11 is 6.25. The number of ether oxygens (including phenoxy) is 1. The molecule has 2 aromatic heterocycles. The zero-order chi connectivity index (χ0) is 46.8. The van der Waals surface area contributed by atoms with E-state index in [9.17, 15) is 27.5 Å². The zero-order valence-electron chi connectivity index (χ0n) is 37.8. The number of sulfonamides is 1. The van der Waals surface area contributed by atoms with Crippen molar-refractivity contribution in [2.24, 2.45) is 15.7 Å². The summed E-state index contributed by atoms with van der Waals surface area (Å²) in [6, 6.07) is 20.6. The van der Waals surface area contributed by atoms with E-state index in [-0.39, 0.29) is 28.3 Å². The average Bonchev–Trinajstić information content (AvgIpc) is 3.76. The molecule has 2 saturated heterocycles. The molecule has 18 heteroatoms. The molecule has 2 fully saturated rings. The summed E-state index contributed by atoms with van der Waals surface area (Å²) < 4.78 is 52.8. The standard InChI is InChI=1S/C48H57ClN8O7S2/c1-33(31-55-21-23-65(61,50-4)24-22-55)25-35-7-11-41(28-44(35)57(59)60)66(62,63)53-47(58)42-12-10-39(27-45(42)64-40-26-36-14-16-51-46(36)52-30-40)56-19-17-54(18-20-56)32-37-13-15-48(2,3)29-43(37)34-5-8-38(49)9-6-34/h5-12,14,16,26-28,30,33H,13,15,17-25,29,31-32H2,1-4H3,(H,51,52)(H,53,58)/t33-/m1/s1. The molecule has 3 aromatic carbocycles. The van der Waals surface area contributed by atoms with E-state index in [0.29, 0.717) is 54.5 Å². The van der Waals surface area contributed by atoms with E-state index in [0.717, 1.165) is 74.1 Å². The second-order valence-corrected chi connectivity index (χ2v) is 23.4. The minimum absolute atomic E-state index is 0.0157. The molecule has 350 valence electrons. The van der Waals surface area contributed by atoms with Crippen LogP contribution >= 0.6 is 11.6 Å². The van der Waals surface area contributed by atoms with Crippen LogP contribution in [0.3, 0.4) is 0 Å². The number of nitro groups is 1. The molecule has 2 aliphatic heterocycles. The number of carbonyl (C=O) groups is 1. The molecule has 0 radical (unpaired) electrons. The first-order valence-electron chi connectivity index (χ1n) is 22.3. The molecular weight excluding hydrogens is 900 g/mol. The molecule has 1 aliphatic carbocycles. The van der Waals surface area contributed by atoms with Gasteiger partial charge in [0.2, 0.25) is 0 Å². The maximum absolute atomic E-state index is 14.0. The number of rotatable bonds is 14. The van der Waals surface area contributed by atoms with Gasteiger partial charge in [0.1, 0.15) is 17.1 Å². The number of nitro benzene ring substituents is 1. The summed E-state index contributed by atoms with van der Waals surface area (Å²) in [6.07, 6.45) is 6.78. The maximum atomic E-state index is 14.0. The van der Waals surface area contributed by atoms with Gasteiger partial charge in [0.25, 0.3) is 21.6 Å². The molecule has 0 unspecified atom stereocenters. The highest BCUT2D eigenvalue weighted by Crippen LogP contribution is 2.43. The fourth-order valence-corrected chi connectivity index (χ4v) is 12.0. The quantitative estimate of drug-likeness (QED) is 0.0805. The molecule has 1 amide bonds. The van der Waals surface area contributed by atoms with Crippen molar-refractivity contribution in [2.45, 2.75) is 51.3 Å². The highest BCUT2D eigenvalue weighted by atomic mass is 35.5. The van der Waals surface area contributed by atoms with Crippen LogP contribution in [0, 0.1) is 21.4 Å². The van der Waals surface area contributed by atoms with Gasteiger partial charge in [-0.1, -0.05) is 56.1 Å². The number of carbonyl (C=O) groups excluding carboxylic acids is 1. The fourth-order valence-electron chi connectivity index (χ4n) is 9.27. The maximum Gasteiger partial charge on any atom is 0.273 e. The molecule has 3 aliphatic rings. The second-order valence-electron chi connectivity index (χ2n) is 18.5. The van der Waals surface area contributed by atoms with Crippen LogP contribution in [0.15, 0.2) is 100 Å². The first-order chi connectivity index (χ1) is 31.5. The van der Waals surface area contributed by atoms with Gasteiger partial charge in [-0.15, -0.1) is 0 Å². The van der Waals surface area contributed by atoms with Gasteiger partial charge in [-0.25, -0.2) is 26.7 Å². The number of hydrogen-bond acceptors (Lipinski definition) is 12. The molecule has 1 atom stereocenters. The molecular formula is C48H57ClN8O7S2. The summed E-state index contributed by atoms with van der Waals surface area (Å²) in [5, 5.41) is 13.8. The van der Waals surface area contributed by atoms with Gasteiger partial charge in [-0.2, -0.15) is 0 Å². The Hall–Kier alpha value is -5.33. The third-order valence-electron chi connectivity index (χ3n) is 13.1. The Bertz CT molecular complexity index is 2890. The predicted octanol–water partition coefficient (Wildman–Crippen LogP) is 8.41. The van der Waals surface area contributed by atoms with Gasteiger partial charge in [-0.05, 0) is 90.6 Å². The van der Waals surface area contributed by atoms with Crippen molar-refractivity contribution in [3.05, 3.63) is 123 Å². The molecule has 0 bridgehead atoms. The van der Waals surface area contributed by atoms with E-state index in [1.807, 2.05) is 25.1 Å². The predicted molar refractivity (Wildman–Crippen MR) is 261 cm³/mol. The minimum atomic E-state index is -4.58. The largest absolute Gasteiger partial charge is 0.455 e. The third-order valence-corrected chi connectivity index (χ3v) is 16.9. The van der Waals surface area contributed by atoms with E-state index in [1.54, 1.807) is 37.5 Å². The van der Waals surface area contributed by atoms with Gasteiger partial charge in [0.05, 0.1) is 21.6 Å². The molecule has 5 aromatic rings. The summed E-state index contributed by atoms with van der Waals surface area (Å²) in [6.45, 7) is 12.4. The normalized spacial score (nSPS) is 18.5. The molecule has 66 heavy (non-hydrogen) atoms. The number of nitrogens with one attached hydrogen (secondary N) is 2. The van der Waals surface area contributed by atoms with Crippen LogP contribution in [-0.4, -0.2) is 114 Å². The van der Waals surface area contributed by atoms with E-state index in [1.165, 1.54) is 35.0 Å². The number of H-pyrrole nitrogens is 1. The fraction of sp³-hybridized carbons (Fsp3) is 0.417. The van der Waals surface area contributed by atoms with Crippen LogP contribution < -0.4 is 14.4 Å². The van der Waals surface area contributed by atoms with Crippen LogP contribution in [-0.2, 0) is 26.2 Å².